The van der Waals surface area contributed by atoms with Gasteiger partial charge in [-0.25, -0.2) is 9.97 Å². The van der Waals surface area contributed by atoms with Crippen LogP contribution >= 0.6 is 11.8 Å². The molecule has 2 rings (SSSR count). The molecular formula is C11H11N3OS. The Hall–Kier alpha value is -1.62. The molecule has 0 unspecified atom stereocenters. The fraction of sp³-hybridized carbons (Fsp3) is 0.182. The summed E-state index contributed by atoms with van der Waals surface area (Å²) in [7, 11) is 0. The summed E-state index contributed by atoms with van der Waals surface area (Å²) in [4.78, 5) is 19.5. The third-order valence-electron chi connectivity index (χ3n) is 1.98. The number of nitrogens with two attached hydrogens (primary N) is 1. The number of fused-ring (bicyclic) bond motifs is 1. The second-order valence-corrected chi connectivity index (χ2v) is 4.36. The van der Waals surface area contributed by atoms with Gasteiger partial charge in [0.1, 0.15) is 10.8 Å². The minimum absolute atomic E-state index is 0.0966. The summed E-state index contributed by atoms with van der Waals surface area (Å²) in [6.07, 6.45) is 0. The number of benzene rings is 1. The number of para-hydroxylation sites is 2. The van der Waals surface area contributed by atoms with Crippen molar-refractivity contribution in [2.45, 2.75) is 11.9 Å². The summed E-state index contributed by atoms with van der Waals surface area (Å²) in [6.45, 7) is 1.54. The Bertz CT molecular complexity index is 542. The van der Waals surface area contributed by atoms with E-state index in [4.69, 9.17) is 5.73 Å². The standard InChI is InChI=1S/C11H11N3OS/c1-7(15)6-16-11-10(12)13-8-4-2-3-5-9(8)14-11/h2-5H,6H2,1H3,(H2,12,13). The number of aromatic nitrogens is 2. The highest BCUT2D eigenvalue weighted by molar-refractivity contribution is 8.00. The molecule has 0 spiro atoms. The van der Waals surface area contributed by atoms with Gasteiger partial charge in [-0.2, -0.15) is 0 Å². The quantitative estimate of drug-likeness (QED) is 0.820. The lowest BCUT2D eigenvalue weighted by Crippen LogP contribution is -2.00. The minimum atomic E-state index is 0.0966. The molecule has 0 radical (unpaired) electrons. The second kappa shape index (κ2) is 4.49. The zero-order valence-electron chi connectivity index (χ0n) is 8.80. The highest BCUT2D eigenvalue weighted by Gasteiger charge is 2.07. The van der Waals surface area contributed by atoms with Crippen LogP contribution in [0.15, 0.2) is 29.3 Å². The van der Waals surface area contributed by atoms with Crippen LogP contribution in [0.4, 0.5) is 5.82 Å². The van der Waals surface area contributed by atoms with Crippen molar-refractivity contribution in [3.8, 4) is 0 Å². The molecule has 2 N–H and O–H groups in total. The first-order chi connectivity index (χ1) is 7.66. The van der Waals surface area contributed by atoms with Gasteiger partial charge in [-0.3, -0.25) is 4.79 Å². The zero-order valence-corrected chi connectivity index (χ0v) is 9.62. The van der Waals surface area contributed by atoms with E-state index in [1.807, 2.05) is 24.3 Å². The third-order valence-corrected chi connectivity index (χ3v) is 3.10. The van der Waals surface area contributed by atoms with Crippen molar-refractivity contribution in [1.82, 2.24) is 9.97 Å². The predicted octanol–water partition coefficient (Wildman–Crippen LogP) is 1.89. The molecular weight excluding hydrogens is 222 g/mol. The molecule has 0 bridgehead atoms. The molecule has 82 valence electrons. The number of ketones is 1. The van der Waals surface area contributed by atoms with Crippen molar-refractivity contribution in [2.75, 3.05) is 11.5 Å². The number of Topliss-reactive ketones (excluding diaryl/α,β-unsaturated/α-hetero) is 1. The molecule has 5 heteroatoms. The topological polar surface area (TPSA) is 68.9 Å². The van der Waals surface area contributed by atoms with E-state index in [2.05, 4.69) is 9.97 Å². The molecule has 0 aliphatic rings. The number of anilines is 1. The molecule has 0 saturated carbocycles. The largest absolute Gasteiger partial charge is 0.381 e. The van der Waals surface area contributed by atoms with E-state index in [1.54, 1.807) is 0 Å². The van der Waals surface area contributed by atoms with E-state index in [-0.39, 0.29) is 5.78 Å². The third kappa shape index (κ3) is 2.30. The van der Waals surface area contributed by atoms with E-state index in [0.29, 0.717) is 16.6 Å². The van der Waals surface area contributed by atoms with Gasteiger partial charge in [0.2, 0.25) is 0 Å². The maximum absolute atomic E-state index is 10.9. The number of nitrogens with zero attached hydrogens (tertiary/aromatic N) is 2. The van der Waals surface area contributed by atoms with Gasteiger partial charge < -0.3 is 5.73 Å². The molecule has 1 aromatic carbocycles. The summed E-state index contributed by atoms with van der Waals surface area (Å²) in [5.74, 6) is 0.848. The highest BCUT2D eigenvalue weighted by Crippen LogP contribution is 2.23. The lowest BCUT2D eigenvalue weighted by atomic mass is 10.3. The predicted molar refractivity (Wildman–Crippen MR) is 65.4 cm³/mol. The Morgan fingerprint density at radius 1 is 1.31 bits per heavy atom. The molecule has 0 saturated heterocycles. The van der Waals surface area contributed by atoms with Gasteiger partial charge in [0, 0.05) is 0 Å². The van der Waals surface area contributed by atoms with Crippen LogP contribution in [0.1, 0.15) is 6.92 Å². The van der Waals surface area contributed by atoms with E-state index >= 15 is 0 Å². The Balaban J connectivity index is 2.38. The molecule has 0 amide bonds. The van der Waals surface area contributed by atoms with Crippen LogP contribution in [0.25, 0.3) is 11.0 Å². The number of hydrogen-bond donors (Lipinski definition) is 1. The molecule has 0 fully saturated rings. The van der Waals surface area contributed by atoms with E-state index in [1.165, 1.54) is 18.7 Å². The Labute approximate surface area is 97.3 Å². The van der Waals surface area contributed by atoms with Gasteiger partial charge in [-0.15, -0.1) is 0 Å². The van der Waals surface area contributed by atoms with E-state index in [9.17, 15) is 4.79 Å². The van der Waals surface area contributed by atoms with Crippen LogP contribution in [0.2, 0.25) is 0 Å². The Kier molecular flexibility index (Phi) is 3.05. The summed E-state index contributed by atoms with van der Waals surface area (Å²) < 4.78 is 0. The summed E-state index contributed by atoms with van der Waals surface area (Å²) in [5.41, 5.74) is 7.33. The van der Waals surface area contributed by atoms with Gasteiger partial charge in [-0.05, 0) is 19.1 Å². The SMILES string of the molecule is CC(=O)CSc1nc2ccccc2nc1N. The highest BCUT2D eigenvalue weighted by atomic mass is 32.2. The molecule has 2 aromatic rings. The van der Waals surface area contributed by atoms with Crippen LogP contribution < -0.4 is 5.73 Å². The van der Waals surface area contributed by atoms with Crippen molar-refractivity contribution < 1.29 is 4.79 Å². The molecule has 4 nitrogen and oxygen atoms in total. The van der Waals surface area contributed by atoms with Crippen LogP contribution in [-0.4, -0.2) is 21.5 Å². The Morgan fingerprint density at radius 2 is 1.94 bits per heavy atom. The van der Waals surface area contributed by atoms with Gasteiger partial charge in [0.05, 0.1) is 16.8 Å². The lowest BCUT2D eigenvalue weighted by Gasteiger charge is -2.04. The summed E-state index contributed by atoms with van der Waals surface area (Å²) >= 11 is 1.32. The van der Waals surface area contributed by atoms with Crippen LogP contribution in [0.5, 0.6) is 0 Å². The van der Waals surface area contributed by atoms with Crippen molar-refractivity contribution in [2.24, 2.45) is 0 Å². The number of nitrogen functional groups attached to an aromatic ring is 1. The summed E-state index contributed by atoms with van der Waals surface area (Å²) in [5, 5.41) is 0.619. The van der Waals surface area contributed by atoms with Crippen LogP contribution in [0.3, 0.4) is 0 Å². The lowest BCUT2D eigenvalue weighted by molar-refractivity contribution is -0.114. The minimum Gasteiger partial charge on any atom is -0.381 e. The number of carbonyl (C=O) groups excluding carboxylic acids is 1. The van der Waals surface area contributed by atoms with Gasteiger partial charge >= 0.3 is 0 Å². The van der Waals surface area contributed by atoms with E-state index < -0.39 is 0 Å². The van der Waals surface area contributed by atoms with Crippen molar-refractivity contribution in [1.29, 1.82) is 0 Å². The molecule has 16 heavy (non-hydrogen) atoms. The molecule has 1 aromatic heterocycles. The van der Waals surface area contributed by atoms with E-state index in [0.717, 1.165) is 11.0 Å². The monoisotopic (exact) mass is 233 g/mol. The Morgan fingerprint density at radius 3 is 2.56 bits per heavy atom. The van der Waals surface area contributed by atoms with Crippen LogP contribution in [-0.2, 0) is 4.79 Å². The maximum atomic E-state index is 10.9. The van der Waals surface area contributed by atoms with Crippen LogP contribution in [0, 0.1) is 0 Å². The molecule has 0 aliphatic carbocycles. The fourth-order valence-corrected chi connectivity index (χ4v) is 1.97. The molecule has 0 atom stereocenters. The molecule has 0 aliphatic heterocycles. The van der Waals surface area contributed by atoms with Crippen molar-refractivity contribution in [3.63, 3.8) is 0 Å². The normalized spacial score (nSPS) is 10.6. The number of carbonyl (C=O) groups is 1. The maximum Gasteiger partial charge on any atom is 0.156 e. The average molecular weight is 233 g/mol. The van der Waals surface area contributed by atoms with Gasteiger partial charge in [0.25, 0.3) is 0 Å². The average Bonchev–Trinajstić information content (AvgIpc) is 2.26. The first-order valence-corrected chi connectivity index (χ1v) is 5.80. The first-order valence-electron chi connectivity index (χ1n) is 4.81. The summed E-state index contributed by atoms with van der Waals surface area (Å²) in [6, 6.07) is 7.52. The number of hydrogen-bond acceptors (Lipinski definition) is 5. The fourth-order valence-electron chi connectivity index (χ4n) is 1.27. The first kappa shape index (κ1) is 10.9. The smallest absolute Gasteiger partial charge is 0.156 e. The van der Waals surface area contributed by atoms with Gasteiger partial charge in [0.15, 0.2) is 5.82 Å². The number of rotatable bonds is 3. The van der Waals surface area contributed by atoms with Crippen molar-refractivity contribution in [3.05, 3.63) is 24.3 Å². The zero-order chi connectivity index (χ0) is 11.5. The number of thioether (sulfide) groups is 1. The molecule has 1 heterocycles. The van der Waals surface area contributed by atoms with Crippen molar-refractivity contribution >= 4 is 34.4 Å². The van der Waals surface area contributed by atoms with Gasteiger partial charge in [-0.1, -0.05) is 23.9 Å². The second-order valence-electron chi connectivity index (χ2n) is 3.39.